The van der Waals surface area contributed by atoms with Crippen molar-refractivity contribution in [2.45, 2.75) is 26.4 Å². The average Bonchev–Trinajstić information content (AvgIpc) is 3.20. The van der Waals surface area contributed by atoms with Crippen molar-refractivity contribution in [3.05, 3.63) is 59.7 Å². The minimum atomic E-state index is -0.439. The number of nitrogens with one attached hydrogen (secondary N) is 1. The lowest BCUT2D eigenvalue weighted by atomic mass is 10.1. The lowest BCUT2D eigenvalue weighted by Gasteiger charge is -2.11. The third-order valence-corrected chi connectivity index (χ3v) is 3.71. The maximum absolute atomic E-state index is 12.1. The normalized spacial score (nSPS) is 12.4. The van der Waals surface area contributed by atoms with Gasteiger partial charge in [0.05, 0.1) is 18.9 Å². The molecule has 3 rings (SSSR count). The molecule has 0 fully saturated rings. The lowest BCUT2D eigenvalue weighted by Crippen LogP contribution is -2.19. The molecule has 0 amide bonds. The summed E-state index contributed by atoms with van der Waals surface area (Å²) in [5.41, 5.74) is 1.48. The summed E-state index contributed by atoms with van der Waals surface area (Å²) in [6.07, 6.45) is 1.64. The van der Waals surface area contributed by atoms with Gasteiger partial charge in [-0.1, -0.05) is 18.2 Å². The van der Waals surface area contributed by atoms with Crippen molar-refractivity contribution in [1.82, 2.24) is 5.32 Å². The van der Waals surface area contributed by atoms with Crippen LogP contribution in [-0.2, 0) is 11.3 Å². The van der Waals surface area contributed by atoms with Gasteiger partial charge in [0.1, 0.15) is 11.3 Å². The van der Waals surface area contributed by atoms with E-state index in [1.54, 1.807) is 13.2 Å². The van der Waals surface area contributed by atoms with Crippen molar-refractivity contribution in [1.29, 1.82) is 0 Å². The van der Waals surface area contributed by atoms with Crippen LogP contribution >= 0.6 is 0 Å². The summed E-state index contributed by atoms with van der Waals surface area (Å²) in [6.45, 7) is 4.57. The molecule has 120 valence electrons. The van der Waals surface area contributed by atoms with Gasteiger partial charge in [0, 0.05) is 17.5 Å². The highest BCUT2D eigenvalue weighted by Gasteiger charge is 2.22. The van der Waals surface area contributed by atoms with Gasteiger partial charge < -0.3 is 18.9 Å². The zero-order valence-electron chi connectivity index (χ0n) is 13.2. The Bertz CT molecular complexity index is 789. The summed E-state index contributed by atoms with van der Waals surface area (Å²) in [5, 5.41) is 4.27. The van der Waals surface area contributed by atoms with Crippen molar-refractivity contribution in [2.75, 3.05) is 6.61 Å². The fourth-order valence-electron chi connectivity index (χ4n) is 2.53. The highest BCUT2D eigenvalue weighted by atomic mass is 16.5. The van der Waals surface area contributed by atoms with E-state index in [0.29, 0.717) is 18.7 Å². The van der Waals surface area contributed by atoms with Crippen LogP contribution in [0.3, 0.4) is 0 Å². The number of hydrogen-bond acceptors (Lipinski definition) is 5. The van der Waals surface area contributed by atoms with Crippen LogP contribution in [0.2, 0.25) is 0 Å². The molecule has 0 aliphatic heterocycles. The fraction of sp³-hybridized carbons (Fsp3) is 0.278. The number of para-hydroxylation sites is 1. The van der Waals surface area contributed by atoms with Gasteiger partial charge >= 0.3 is 5.97 Å². The SMILES string of the molecule is CCOC(=O)c1oc2ccccc2c1CN[C@@H](C)c1ccco1. The van der Waals surface area contributed by atoms with E-state index in [0.717, 1.165) is 16.7 Å². The second-order valence-corrected chi connectivity index (χ2v) is 5.24. The summed E-state index contributed by atoms with van der Waals surface area (Å²) in [5.74, 6) is 0.661. The molecule has 0 aliphatic rings. The van der Waals surface area contributed by atoms with E-state index in [9.17, 15) is 4.79 Å². The van der Waals surface area contributed by atoms with Crippen molar-refractivity contribution in [3.63, 3.8) is 0 Å². The average molecular weight is 313 g/mol. The lowest BCUT2D eigenvalue weighted by molar-refractivity contribution is 0.0490. The highest BCUT2D eigenvalue weighted by molar-refractivity contribution is 5.96. The maximum Gasteiger partial charge on any atom is 0.374 e. The van der Waals surface area contributed by atoms with E-state index in [1.807, 2.05) is 43.3 Å². The molecule has 2 heterocycles. The standard InChI is InChI=1S/C18H19NO4/c1-3-21-18(20)17-14(13-7-4-5-8-16(13)23-17)11-19-12(2)15-9-6-10-22-15/h4-10,12,19H,3,11H2,1-2H3/t12-/m0/s1. The maximum atomic E-state index is 12.1. The van der Waals surface area contributed by atoms with Gasteiger partial charge in [-0.15, -0.1) is 0 Å². The third kappa shape index (κ3) is 3.14. The fourth-order valence-corrected chi connectivity index (χ4v) is 2.53. The zero-order chi connectivity index (χ0) is 16.2. The van der Waals surface area contributed by atoms with Crippen LogP contribution < -0.4 is 5.32 Å². The van der Waals surface area contributed by atoms with Crippen molar-refractivity contribution in [2.24, 2.45) is 0 Å². The molecule has 0 bridgehead atoms. The van der Waals surface area contributed by atoms with E-state index in [2.05, 4.69) is 5.32 Å². The molecule has 0 unspecified atom stereocenters. The third-order valence-electron chi connectivity index (χ3n) is 3.71. The molecule has 3 aromatic rings. The van der Waals surface area contributed by atoms with Crippen LogP contribution in [0.25, 0.3) is 11.0 Å². The number of carbonyl (C=O) groups excluding carboxylic acids is 1. The summed E-state index contributed by atoms with van der Waals surface area (Å²) in [7, 11) is 0. The smallest absolute Gasteiger partial charge is 0.374 e. The van der Waals surface area contributed by atoms with Gasteiger partial charge in [-0.3, -0.25) is 0 Å². The minimum Gasteiger partial charge on any atom is -0.468 e. The Kier molecular flexibility index (Phi) is 4.48. The Morgan fingerprint density at radius 1 is 1.26 bits per heavy atom. The van der Waals surface area contributed by atoms with Gasteiger partial charge in [0.15, 0.2) is 0 Å². The van der Waals surface area contributed by atoms with Crippen LogP contribution in [0.15, 0.2) is 51.5 Å². The van der Waals surface area contributed by atoms with Crippen LogP contribution in [0.4, 0.5) is 0 Å². The van der Waals surface area contributed by atoms with Gasteiger partial charge in [-0.2, -0.15) is 0 Å². The Balaban J connectivity index is 1.88. The number of hydrogen-bond donors (Lipinski definition) is 1. The molecule has 1 aromatic carbocycles. The molecule has 2 aromatic heterocycles. The molecule has 1 N–H and O–H groups in total. The van der Waals surface area contributed by atoms with Crippen molar-refractivity contribution < 1.29 is 18.4 Å². The highest BCUT2D eigenvalue weighted by Crippen LogP contribution is 2.27. The van der Waals surface area contributed by atoms with E-state index in [4.69, 9.17) is 13.6 Å². The molecule has 5 heteroatoms. The topological polar surface area (TPSA) is 64.6 Å². The summed E-state index contributed by atoms with van der Waals surface area (Å²) in [6, 6.07) is 11.4. The van der Waals surface area contributed by atoms with E-state index >= 15 is 0 Å². The largest absolute Gasteiger partial charge is 0.468 e. The number of carbonyl (C=O) groups is 1. The van der Waals surface area contributed by atoms with E-state index in [-0.39, 0.29) is 11.8 Å². The number of benzene rings is 1. The van der Waals surface area contributed by atoms with Crippen LogP contribution in [0.5, 0.6) is 0 Å². The molecule has 1 atom stereocenters. The number of rotatable bonds is 6. The molecule has 0 saturated carbocycles. The first-order valence-electron chi connectivity index (χ1n) is 7.65. The molecule has 5 nitrogen and oxygen atoms in total. The van der Waals surface area contributed by atoms with Gasteiger partial charge in [-0.05, 0) is 32.0 Å². The monoisotopic (exact) mass is 313 g/mol. The molecular weight excluding hydrogens is 294 g/mol. The first-order chi connectivity index (χ1) is 11.2. The molecule has 23 heavy (non-hydrogen) atoms. The number of esters is 1. The number of fused-ring (bicyclic) bond motifs is 1. The molecular formula is C18H19NO4. The van der Waals surface area contributed by atoms with E-state index in [1.165, 1.54) is 0 Å². The molecule has 0 spiro atoms. The van der Waals surface area contributed by atoms with Crippen LogP contribution in [0.1, 0.15) is 41.8 Å². The first kappa shape index (κ1) is 15.4. The van der Waals surface area contributed by atoms with Crippen molar-refractivity contribution >= 4 is 16.9 Å². The number of ether oxygens (including phenoxy) is 1. The quantitative estimate of drug-likeness (QED) is 0.695. The summed E-state index contributed by atoms with van der Waals surface area (Å²) >= 11 is 0. The van der Waals surface area contributed by atoms with Gasteiger partial charge in [0.25, 0.3) is 0 Å². The summed E-state index contributed by atoms with van der Waals surface area (Å²) in [4.78, 5) is 12.1. The minimum absolute atomic E-state index is 0.0220. The zero-order valence-corrected chi connectivity index (χ0v) is 13.2. The second kappa shape index (κ2) is 6.71. The molecule has 0 saturated heterocycles. The second-order valence-electron chi connectivity index (χ2n) is 5.24. The van der Waals surface area contributed by atoms with E-state index < -0.39 is 5.97 Å². The Morgan fingerprint density at radius 3 is 2.83 bits per heavy atom. The van der Waals surface area contributed by atoms with Crippen LogP contribution in [-0.4, -0.2) is 12.6 Å². The predicted octanol–water partition coefficient (Wildman–Crippen LogP) is 4.05. The Labute approximate surface area is 134 Å². The van der Waals surface area contributed by atoms with Crippen molar-refractivity contribution in [3.8, 4) is 0 Å². The first-order valence-corrected chi connectivity index (χ1v) is 7.65. The van der Waals surface area contributed by atoms with Gasteiger partial charge in [0.2, 0.25) is 5.76 Å². The van der Waals surface area contributed by atoms with Gasteiger partial charge in [-0.25, -0.2) is 4.79 Å². The van der Waals surface area contributed by atoms with Crippen LogP contribution in [0, 0.1) is 0 Å². The Hall–Kier alpha value is -2.53. The number of furan rings is 2. The Morgan fingerprint density at radius 2 is 2.09 bits per heavy atom. The molecule has 0 radical (unpaired) electrons. The molecule has 0 aliphatic carbocycles. The summed E-state index contributed by atoms with van der Waals surface area (Å²) < 4.78 is 16.2. The predicted molar refractivity (Wildman–Crippen MR) is 86.1 cm³/mol.